The van der Waals surface area contributed by atoms with Crippen LogP contribution in [0.5, 0.6) is 0 Å². The maximum absolute atomic E-state index is 5.91. The van der Waals surface area contributed by atoms with Crippen LogP contribution in [-0.2, 0) is 9.31 Å². The summed E-state index contributed by atoms with van der Waals surface area (Å²) in [7, 11) is -0.268. The SMILES string of the molecule is Cc1cccc(C=CB2OC(C)(C)C(C)(C)O2)c1. The Hall–Kier alpha value is -1.06. The lowest BCUT2D eigenvalue weighted by molar-refractivity contribution is 0.00578. The van der Waals surface area contributed by atoms with Crippen molar-refractivity contribution >= 4 is 13.2 Å². The molecular weight excluding hydrogens is 223 g/mol. The van der Waals surface area contributed by atoms with Gasteiger partial charge in [0.25, 0.3) is 0 Å². The third kappa shape index (κ3) is 2.68. The van der Waals surface area contributed by atoms with Crippen molar-refractivity contribution in [1.82, 2.24) is 0 Å². The van der Waals surface area contributed by atoms with E-state index in [2.05, 4.69) is 65.0 Å². The smallest absolute Gasteiger partial charge is 0.400 e. The van der Waals surface area contributed by atoms with Crippen LogP contribution >= 0.6 is 0 Å². The van der Waals surface area contributed by atoms with Gasteiger partial charge >= 0.3 is 7.12 Å². The predicted octanol–water partition coefficient (Wildman–Crippen LogP) is 3.64. The number of aryl methyl sites for hydroxylation is 1. The predicted molar refractivity (Wildman–Crippen MR) is 76.3 cm³/mol. The Bertz CT molecular complexity index is 447. The van der Waals surface area contributed by atoms with E-state index in [-0.39, 0.29) is 18.3 Å². The van der Waals surface area contributed by atoms with E-state index in [9.17, 15) is 0 Å². The Labute approximate surface area is 110 Å². The quantitative estimate of drug-likeness (QED) is 0.739. The van der Waals surface area contributed by atoms with Gasteiger partial charge in [-0.1, -0.05) is 41.9 Å². The van der Waals surface area contributed by atoms with Gasteiger partial charge in [0.05, 0.1) is 11.2 Å². The fourth-order valence-corrected chi connectivity index (χ4v) is 1.93. The Kier molecular flexibility index (Phi) is 3.39. The first-order valence-electron chi connectivity index (χ1n) is 6.41. The van der Waals surface area contributed by atoms with Crippen molar-refractivity contribution in [3.8, 4) is 0 Å². The number of benzene rings is 1. The Balaban J connectivity index is 2.08. The molecule has 0 amide bonds. The summed E-state index contributed by atoms with van der Waals surface area (Å²) < 4.78 is 11.8. The van der Waals surface area contributed by atoms with Crippen molar-refractivity contribution in [2.75, 3.05) is 0 Å². The monoisotopic (exact) mass is 244 g/mol. The van der Waals surface area contributed by atoms with E-state index in [0.29, 0.717) is 0 Å². The zero-order chi connectivity index (χ0) is 13.4. The number of hydrogen-bond donors (Lipinski definition) is 0. The average Bonchev–Trinajstić information content (AvgIpc) is 2.45. The van der Waals surface area contributed by atoms with Crippen LogP contribution in [0.1, 0.15) is 38.8 Å². The van der Waals surface area contributed by atoms with Gasteiger partial charge in [0, 0.05) is 0 Å². The number of hydrogen-bond acceptors (Lipinski definition) is 2. The zero-order valence-corrected chi connectivity index (χ0v) is 11.9. The lowest BCUT2D eigenvalue weighted by Gasteiger charge is -2.32. The van der Waals surface area contributed by atoms with Crippen LogP contribution in [0.4, 0.5) is 0 Å². The topological polar surface area (TPSA) is 18.5 Å². The standard InChI is InChI=1S/C15H21BO2/c1-12-7-6-8-13(11-12)9-10-16-17-14(2,3)15(4,5)18-16/h6-11H,1-5H3. The van der Waals surface area contributed by atoms with Crippen molar-refractivity contribution in [3.05, 3.63) is 41.4 Å². The van der Waals surface area contributed by atoms with Gasteiger partial charge < -0.3 is 9.31 Å². The van der Waals surface area contributed by atoms with E-state index < -0.39 is 0 Å². The van der Waals surface area contributed by atoms with Gasteiger partial charge in [-0.15, -0.1) is 0 Å². The highest BCUT2D eigenvalue weighted by molar-refractivity contribution is 6.52. The van der Waals surface area contributed by atoms with E-state index in [1.807, 2.05) is 5.98 Å². The second-order valence-electron chi connectivity index (χ2n) is 5.90. The first-order valence-corrected chi connectivity index (χ1v) is 6.41. The summed E-state index contributed by atoms with van der Waals surface area (Å²) in [5.74, 6) is 1.98. The van der Waals surface area contributed by atoms with E-state index >= 15 is 0 Å². The van der Waals surface area contributed by atoms with E-state index in [1.165, 1.54) is 11.1 Å². The molecule has 0 aromatic heterocycles. The third-order valence-corrected chi connectivity index (χ3v) is 3.76. The van der Waals surface area contributed by atoms with Crippen molar-refractivity contribution in [2.45, 2.75) is 45.8 Å². The van der Waals surface area contributed by atoms with Gasteiger partial charge in [0.1, 0.15) is 0 Å². The lowest BCUT2D eigenvalue weighted by atomic mass is 9.89. The summed E-state index contributed by atoms with van der Waals surface area (Å²) in [5.41, 5.74) is 1.89. The molecular formula is C15H21BO2. The fourth-order valence-electron chi connectivity index (χ4n) is 1.93. The molecule has 1 aliphatic heterocycles. The second kappa shape index (κ2) is 4.56. The van der Waals surface area contributed by atoms with Gasteiger partial charge in [0.15, 0.2) is 0 Å². The third-order valence-electron chi connectivity index (χ3n) is 3.76. The van der Waals surface area contributed by atoms with Gasteiger partial charge in [-0.2, -0.15) is 0 Å². The first-order chi connectivity index (χ1) is 8.30. The van der Waals surface area contributed by atoms with Crippen molar-refractivity contribution in [1.29, 1.82) is 0 Å². The summed E-state index contributed by atoms with van der Waals surface area (Å²) in [6, 6.07) is 8.36. The molecule has 0 radical (unpaired) electrons. The molecule has 0 bridgehead atoms. The molecule has 3 heteroatoms. The van der Waals surface area contributed by atoms with Crippen molar-refractivity contribution < 1.29 is 9.31 Å². The normalized spacial score (nSPS) is 21.7. The molecule has 0 atom stereocenters. The highest BCUT2D eigenvalue weighted by atomic mass is 16.7. The molecule has 1 aliphatic rings. The van der Waals surface area contributed by atoms with Crippen LogP contribution in [0, 0.1) is 6.92 Å². The highest BCUT2D eigenvalue weighted by Gasteiger charge is 2.49. The Morgan fingerprint density at radius 1 is 1.06 bits per heavy atom. The van der Waals surface area contributed by atoms with Crippen LogP contribution in [0.15, 0.2) is 30.2 Å². The lowest BCUT2D eigenvalue weighted by Crippen LogP contribution is -2.41. The summed E-state index contributed by atoms with van der Waals surface area (Å²) in [5, 5.41) is 0. The summed E-state index contributed by atoms with van der Waals surface area (Å²) in [6.45, 7) is 10.3. The minimum absolute atomic E-state index is 0.268. The van der Waals surface area contributed by atoms with E-state index in [0.717, 1.165) is 0 Å². The van der Waals surface area contributed by atoms with Crippen LogP contribution in [0.25, 0.3) is 6.08 Å². The average molecular weight is 244 g/mol. The van der Waals surface area contributed by atoms with Crippen molar-refractivity contribution in [3.63, 3.8) is 0 Å². The molecule has 2 rings (SSSR count). The molecule has 0 aliphatic carbocycles. The number of rotatable bonds is 2. The second-order valence-corrected chi connectivity index (χ2v) is 5.90. The molecule has 0 spiro atoms. The van der Waals surface area contributed by atoms with Crippen LogP contribution in [-0.4, -0.2) is 18.3 Å². The molecule has 18 heavy (non-hydrogen) atoms. The molecule has 1 aromatic rings. The van der Waals surface area contributed by atoms with Crippen LogP contribution in [0.2, 0.25) is 0 Å². The van der Waals surface area contributed by atoms with Crippen LogP contribution in [0.3, 0.4) is 0 Å². The molecule has 1 saturated heterocycles. The fraction of sp³-hybridized carbons (Fsp3) is 0.467. The molecule has 1 aromatic carbocycles. The maximum Gasteiger partial charge on any atom is 0.487 e. The molecule has 1 fully saturated rings. The molecule has 0 saturated carbocycles. The molecule has 1 heterocycles. The molecule has 2 nitrogen and oxygen atoms in total. The van der Waals surface area contributed by atoms with Gasteiger partial charge in [-0.25, -0.2) is 0 Å². The largest absolute Gasteiger partial charge is 0.487 e. The summed E-state index contributed by atoms with van der Waals surface area (Å²) in [4.78, 5) is 0. The van der Waals surface area contributed by atoms with E-state index in [4.69, 9.17) is 9.31 Å². The highest BCUT2D eigenvalue weighted by Crippen LogP contribution is 2.36. The van der Waals surface area contributed by atoms with E-state index in [1.54, 1.807) is 0 Å². The van der Waals surface area contributed by atoms with Gasteiger partial charge in [-0.3, -0.25) is 0 Å². The van der Waals surface area contributed by atoms with Crippen LogP contribution < -0.4 is 0 Å². The molecule has 0 N–H and O–H groups in total. The van der Waals surface area contributed by atoms with Gasteiger partial charge in [-0.05, 0) is 40.2 Å². The minimum atomic E-state index is -0.269. The Morgan fingerprint density at radius 2 is 1.67 bits per heavy atom. The maximum atomic E-state index is 5.91. The Morgan fingerprint density at radius 3 is 2.22 bits per heavy atom. The summed E-state index contributed by atoms with van der Waals surface area (Å²) in [6.07, 6.45) is 2.05. The zero-order valence-electron chi connectivity index (χ0n) is 11.9. The summed E-state index contributed by atoms with van der Waals surface area (Å²) >= 11 is 0. The first kappa shape index (κ1) is 13.4. The van der Waals surface area contributed by atoms with Gasteiger partial charge in [0.2, 0.25) is 0 Å². The molecule has 96 valence electrons. The minimum Gasteiger partial charge on any atom is -0.400 e. The molecule has 0 unspecified atom stereocenters. The van der Waals surface area contributed by atoms with Crippen molar-refractivity contribution in [2.24, 2.45) is 0 Å².